The quantitative estimate of drug-likeness (QED) is 0.834. The zero-order chi connectivity index (χ0) is 12.3. The van der Waals surface area contributed by atoms with Crippen molar-refractivity contribution in [2.75, 3.05) is 38.6 Å². The molecule has 0 aliphatic carbocycles. The van der Waals surface area contributed by atoms with Crippen LogP contribution in [0.2, 0.25) is 0 Å². The molecule has 0 aromatic carbocycles. The number of rotatable bonds is 4. The van der Waals surface area contributed by atoms with Crippen molar-refractivity contribution in [3.05, 3.63) is 23.9 Å². The summed E-state index contributed by atoms with van der Waals surface area (Å²) in [5.74, 6) is 1.13. The average Bonchev–Trinajstić information content (AvgIpc) is 2.79. The Morgan fingerprint density at radius 3 is 3.00 bits per heavy atom. The second-order valence-electron chi connectivity index (χ2n) is 4.88. The van der Waals surface area contributed by atoms with Crippen LogP contribution in [-0.4, -0.2) is 49.7 Å². The SMILES string of the molecule is CN(C)C1CCN(c2ncccc2CCN)C1. The Kier molecular flexibility index (Phi) is 3.97. The standard InChI is InChI=1S/C13H22N4/c1-16(2)12-6-9-17(10-12)13-11(5-7-14)4-3-8-15-13/h3-4,8,12H,5-7,9-10,14H2,1-2H3. The Hall–Kier alpha value is -1.13. The number of nitrogens with zero attached hydrogens (tertiary/aromatic N) is 3. The minimum absolute atomic E-state index is 0.641. The Morgan fingerprint density at radius 1 is 1.53 bits per heavy atom. The summed E-state index contributed by atoms with van der Waals surface area (Å²) >= 11 is 0. The summed E-state index contributed by atoms with van der Waals surface area (Å²) in [5.41, 5.74) is 6.92. The molecular weight excluding hydrogens is 212 g/mol. The molecule has 4 heteroatoms. The van der Waals surface area contributed by atoms with E-state index < -0.39 is 0 Å². The van der Waals surface area contributed by atoms with Gasteiger partial charge in [-0.15, -0.1) is 0 Å². The molecule has 1 atom stereocenters. The van der Waals surface area contributed by atoms with E-state index in [4.69, 9.17) is 5.73 Å². The van der Waals surface area contributed by atoms with E-state index in [0.717, 1.165) is 25.3 Å². The van der Waals surface area contributed by atoms with Crippen molar-refractivity contribution in [3.63, 3.8) is 0 Å². The zero-order valence-electron chi connectivity index (χ0n) is 10.8. The van der Waals surface area contributed by atoms with E-state index >= 15 is 0 Å². The molecule has 17 heavy (non-hydrogen) atoms. The Morgan fingerprint density at radius 2 is 2.35 bits per heavy atom. The fraction of sp³-hybridized carbons (Fsp3) is 0.615. The molecule has 4 nitrogen and oxygen atoms in total. The van der Waals surface area contributed by atoms with Crippen LogP contribution >= 0.6 is 0 Å². The summed E-state index contributed by atoms with van der Waals surface area (Å²) in [6, 6.07) is 4.77. The van der Waals surface area contributed by atoms with Crippen LogP contribution < -0.4 is 10.6 Å². The third-order valence-corrected chi connectivity index (χ3v) is 3.47. The largest absolute Gasteiger partial charge is 0.355 e. The van der Waals surface area contributed by atoms with Crippen molar-refractivity contribution in [2.45, 2.75) is 18.9 Å². The van der Waals surface area contributed by atoms with Gasteiger partial charge in [-0.2, -0.15) is 0 Å². The lowest BCUT2D eigenvalue weighted by Crippen LogP contribution is -2.32. The number of pyridine rings is 1. The van der Waals surface area contributed by atoms with Crippen molar-refractivity contribution in [2.24, 2.45) is 5.73 Å². The van der Waals surface area contributed by atoms with E-state index in [1.165, 1.54) is 12.0 Å². The first-order chi connectivity index (χ1) is 8.22. The fourth-order valence-corrected chi connectivity index (χ4v) is 2.42. The maximum atomic E-state index is 5.65. The normalized spacial score (nSPS) is 20.2. The van der Waals surface area contributed by atoms with Crippen LogP contribution in [0.15, 0.2) is 18.3 Å². The first-order valence-corrected chi connectivity index (χ1v) is 6.27. The van der Waals surface area contributed by atoms with Crippen LogP contribution in [0.5, 0.6) is 0 Å². The summed E-state index contributed by atoms with van der Waals surface area (Å²) in [4.78, 5) is 9.21. The molecule has 0 amide bonds. The highest BCUT2D eigenvalue weighted by atomic mass is 15.3. The third-order valence-electron chi connectivity index (χ3n) is 3.47. The van der Waals surface area contributed by atoms with E-state index in [0.29, 0.717) is 12.6 Å². The lowest BCUT2D eigenvalue weighted by molar-refractivity contribution is 0.315. The van der Waals surface area contributed by atoms with Crippen LogP contribution in [0.1, 0.15) is 12.0 Å². The third kappa shape index (κ3) is 2.76. The molecule has 2 heterocycles. The number of hydrogen-bond donors (Lipinski definition) is 1. The lowest BCUT2D eigenvalue weighted by atomic mass is 10.2. The first kappa shape index (κ1) is 12.3. The molecule has 1 aliphatic rings. The van der Waals surface area contributed by atoms with Crippen molar-refractivity contribution >= 4 is 5.82 Å². The van der Waals surface area contributed by atoms with Gasteiger partial charge in [0.2, 0.25) is 0 Å². The predicted molar refractivity (Wildman–Crippen MR) is 71.3 cm³/mol. The molecule has 1 aromatic rings. The molecule has 1 aliphatic heterocycles. The predicted octanol–water partition coefficient (Wildman–Crippen LogP) is 0.723. The van der Waals surface area contributed by atoms with Gasteiger partial charge in [0.1, 0.15) is 5.82 Å². The summed E-state index contributed by atoms with van der Waals surface area (Å²) in [6.45, 7) is 2.85. The fourth-order valence-electron chi connectivity index (χ4n) is 2.42. The summed E-state index contributed by atoms with van der Waals surface area (Å²) < 4.78 is 0. The maximum Gasteiger partial charge on any atom is 0.131 e. The molecule has 2 N–H and O–H groups in total. The number of anilines is 1. The molecule has 1 saturated heterocycles. The van der Waals surface area contributed by atoms with E-state index in [2.05, 4.69) is 34.9 Å². The van der Waals surface area contributed by atoms with Gasteiger partial charge in [0.05, 0.1) is 0 Å². The van der Waals surface area contributed by atoms with Gasteiger partial charge in [-0.25, -0.2) is 4.98 Å². The molecule has 1 unspecified atom stereocenters. The number of likely N-dealkylation sites (N-methyl/N-ethyl adjacent to an activating group) is 1. The molecule has 0 saturated carbocycles. The van der Waals surface area contributed by atoms with E-state index in [1.807, 2.05) is 12.3 Å². The van der Waals surface area contributed by atoms with Gasteiger partial charge in [0.15, 0.2) is 0 Å². The van der Waals surface area contributed by atoms with Crippen molar-refractivity contribution in [3.8, 4) is 0 Å². The molecule has 94 valence electrons. The van der Waals surface area contributed by atoms with Gasteiger partial charge < -0.3 is 15.5 Å². The summed E-state index contributed by atoms with van der Waals surface area (Å²) in [5, 5.41) is 0. The van der Waals surface area contributed by atoms with Crippen molar-refractivity contribution in [1.29, 1.82) is 0 Å². The maximum absolute atomic E-state index is 5.65. The molecule has 2 rings (SSSR count). The molecule has 1 fully saturated rings. The molecule has 1 aromatic heterocycles. The van der Waals surface area contributed by atoms with Crippen LogP contribution in [0.3, 0.4) is 0 Å². The van der Waals surface area contributed by atoms with Crippen molar-refractivity contribution in [1.82, 2.24) is 9.88 Å². The van der Waals surface area contributed by atoms with E-state index in [-0.39, 0.29) is 0 Å². The van der Waals surface area contributed by atoms with Gasteiger partial charge in [0, 0.05) is 25.3 Å². The first-order valence-electron chi connectivity index (χ1n) is 6.27. The number of nitrogens with two attached hydrogens (primary N) is 1. The summed E-state index contributed by atoms with van der Waals surface area (Å²) in [7, 11) is 4.29. The van der Waals surface area contributed by atoms with E-state index in [9.17, 15) is 0 Å². The topological polar surface area (TPSA) is 45.4 Å². The number of aromatic nitrogens is 1. The lowest BCUT2D eigenvalue weighted by Gasteiger charge is -2.22. The van der Waals surface area contributed by atoms with Crippen molar-refractivity contribution < 1.29 is 0 Å². The molecular formula is C13H22N4. The van der Waals surface area contributed by atoms with Crippen LogP contribution in [-0.2, 0) is 6.42 Å². The molecule has 0 spiro atoms. The minimum Gasteiger partial charge on any atom is -0.355 e. The monoisotopic (exact) mass is 234 g/mol. The molecule has 0 bridgehead atoms. The van der Waals surface area contributed by atoms with Crippen LogP contribution in [0.25, 0.3) is 0 Å². The zero-order valence-corrected chi connectivity index (χ0v) is 10.8. The van der Waals surface area contributed by atoms with E-state index in [1.54, 1.807) is 0 Å². The van der Waals surface area contributed by atoms with Gasteiger partial charge in [0.25, 0.3) is 0 Å². The van der Waals surface area contributed by atoms with Gasteiger partial charge in [-0.05, 0) is 45.1 Å². The van der Waals surface area contributed by atoms with Gasteiger partial charge in [-0.3, -0.25) is 0 Å². The summed E-state index contributed by atoms with van der Waals surface area (Å²) in [6.07, 6.45) is 4.00. The highest BCUT2D eigenvalue weighted by Crippen LogP contribution is 2.23. The average molecular weight is 234 g/mol. The second-order valence-corrected chi connectivity index (χ2v) is 4.88. The Bertz CT molecular complexity index is 364. The van der Waals surface area contributed by atoms with Gasteiger partial charge in [-0.1, -0.05) is 6.07 Å². The molecule has 0 radical (unpaired) electrons. The second kappa shape index (κ2) is 5.47. The Balaban J connectivity index is 2.12. The Labute approximate surface area is 103 Å². The number of hydrogen-bond acceptors (Lipinski definition) is 4. The minimum atomic E-state index is 0.641. The smallest absolute Gasteiger partial charge is 0.131 e. The van der Waals surface area contributed by atoms with Crippen LogP contribution in [0.4, 0.5) is 5.82 Å². The van der Waals surface area contributed by atoms with Gasteiger partial charge >= 0.3 is 0 Å². The highest BCUT2D eigenvalue weighted by Gasteiger charge is 2.25. The van der Waals surface area contributed by atoms with Crippen LogP contribution in [0, 0.1) is 0 Å². The highest BCUT2D eigenvalue weighted by molar-refractivity contribution is 5.48.